The van der Waals surface area contributed by atoms with Crippen molar-refractivity contribution in [3.8, 4) is 0 Å². The molecule has 0 saturated carbocycles. The summed E-state index contributed by atoms with van der Waals surface area (Å²) in [6.07, 6.45) is 4.52. The first-order valence-corrected chi connectivity index (χ1v) is 11.1. The van der Waals surface area contributed by atoms with Crippen LogP contribution in [-0.2, 0) is 6.54 Å². The van der Waals surface area contributed by atoms with Gasteiger partial charge in [-0.25, -0.2) is 4.79 Å². The van der Waals surface area contributed by atoms with Crippen molar-refractivity contribution in [1.29, 1.82) is 0 Å². The molecule has 0 atom stereocenters. The molecule has 1 amide bonds. The lowest BCUT2D eigenvalue weighted by Gasteiger charge is -2.39. The van der Waals surface area contributed by atoms with Gasteiger partial charge in [-0.1, -0.05) is 35.3 Å². The highest BCUT2D eigenvalue weighted by Crippen LogP contribution is 2.41. The van der Waals surface area contributed by atoms with Crippen molar-refractivity contribution in [2.75, 3.05) is 26.2 Å². The van der Waals surface area contributed by atoms with E-state index in [1.165, 1.54) is 23.4 Å². The van der Waals surface area contributed by atoms with Crippen molar-refractivity contribution in [3.63, 3.8) is 0 Å². The summed E-state index contributed by atoms with van der Waals surface area (Å²) in [7, 11) is 0. The number of rotatable bonds is 3. The topological polar surface area (TPSA) is 58.4 Å². The zero-order chi connectivity index (χ0) is 21.5. The van der Waals surface area contributed by atoms with E-state index in [0.717, 1.165) is 49.5 Å². The molecule has 1 aromatic heterocycles. The van der Waals surface area contributed by atoms with E-state index < -0.39 is 0 Å². The number of likely N-dealkylation sites (tertiary alicyclic amines) is 2. The first-order valence-electron chi connectivity index (χ1n) is 10.3. The Kier molecular flexibility index (Phi) is 5.93. The molecule has 0 radical (unpaired) electrons. The number of piperidine rings is 1. The first-order chi connectivity index (χ1) is 14.3. The van der Waals surface area contributed by atoms with Crippen LogP contribution in [0, 0.1) is 12.3 Å². The molecule has 2 fully saturated rings. The summed E-state index contributed by atoms with van der Waals surface area (Å²) in [6.45, 7) is 7.87. The quantitative estimate of drug-likeness (QED) is 0.640. The number of aromatic nitrogens is 2. The predicted molar refractivity (Wildman–Crippen MR) is 117 cm³/mol. The molecule has 0 unspecified atom stereocenters. The molecule has 0 N–H and O–H groups in total. The van der Waals surface area contributed by atoms with Crippen LogP contribution in [0.15, 0.2) is 24.4 Å². The van der Waals surface area contributed by atoms with Gasteiger partial charge in [0.25, 0.3) is 0 Å². The summed E-state index contributed by atoms with van der Waals surface area (Å²) >= 11 is 12.3. The normalized spacial score (nSPS) is 18.9. The summed E-state index contributed by atoms with van der Waals surface area (Å²) in [6, 6.07) is 5.88. The number of nitrogens with zero attached hydrogens (tertiary/aromatic N) is 4. The molecule has 3 heterocycles. The molecular weight excluding hydrogens is 423 g/mol. The van der Waals surface area contributed by atoms with Gasteiger partial charge in [-0.3, -0.25) is 9.69 Å². The average molecular weight is 449 g/mol. The number of carbonyl (C=O) groups is 2. The highest BCUT2D eigenvalue weighted by molar-refractivity contribution is 6.33. The molecule has 1 aromatic carbocycles. The number of amides is 1. The van der Waals surface area contributed by atoms with Crippen molar-refractivity contribution in [2.24, 2.45) is 5.41 Å². The second-order valence-corrected chi connectivity index (χ2v) is 9.40. The number of hydrogen-bond acceptors (Lipinski definition) is 4. The average Bonchev–Trinajstić information content (AvgIpc) is 3.29. The van der Waals surface area contributed by atoms with Crippen LogP contribution in [0.5, 0.6) is 0 Å². The lowest BCUT2D eigenvalue weighted by molar-refractivity contribution is 0.101. The minimum atomic E-state index is -0.245. The Morgan fingerprint density at radius 1 is 1.10 bits per heavy atom. The maximum atomic E-state index is 12.8. The number of halogens is 2. The van der Waals surface area contributed by atoms with E-state index in [1.807, 2.05) is 17.0 Å². The van der Waals surface area contributed by atoms with Gasteiger partial charge in [0.15, 0.2) is 5.78 Å². The standard InChI is InChI=1S/C22H26Cl2N4O2/c1-15-17(4-3-5-18(15)23)12-26-9-6-22(14-26)7-10-27(11-8-22)21(30)28-13-19(24)20(25-28)16(2)29/h3-5,13H,6-12,14H2,1-2H3. The highest BCUT2D eigenvalue weighted by Gasteiger charge is 2.41. The fourth-order valence-electron chi connectivity index (χ4n) is 4.64. The molecule has 1 spiro atoms. The zero-order valence-electron chi connectivity index (χ0n) is 17.3. The number of carbonyl (C=O) groups excluding carboxylic acids is 2. The van der Waals surface area contributed by atoms with Crippen molar-refractivity contribution in [2.45, 2.75) is 39.7 Å². The molecule has 6 nitrogen and oxygen atoms in total. The minimum absolute atomic E-state index is 0.140. The van der Waals surface area contributed by atoms with Crippen LogP contribution in [0.25, 0.3) is 0 Å². The lowest BCUT2D eigenvalue weighted by atomic mass is 9.78. The second-order valence-electron chi connectivity index (χ2n) is 8.58. The number of Topliss-reactive ketones (excluding diaryl/α,β-unsaturated/α-hetero) is 1. The van der Waals surface area contributed by atoms with Crippen LogP contribution < -0.4 is 0 Å². The van der Waals surface area contributed by atoms with Crippen LogP contribution in [-0.4, -0.2) is 57.6 Å². The third-order valence-corrected chi connectivity index (χ3v) is 7.27. The predicted octanol–water partition coefficient (Wildman–Crippen LogP) is 4.66. The second kappa shape index (κ2) is 8.33. The van der Waals surface area contributed by atoms with Gasteiger partial charge in [-0.2, -0.15) is 9.78 Å². The van der Waals surface area contributed by atoms with Crippen LogP contribution >= 0.6 is 23.2 Å². The molecule has 160 valence electrons. The summed E-state index contributed by atoms with van der Waals surface area (Å²) in [5.74, 6) is -0.245. The maximum absolute atomic E-state index is 12.8. The third kappa shape index (κ3) is 4.13. The van der Waals surface area contributed by atoms with Crippen molar-refractivity contribution in [3.05, 3.63) is 51.3 Å². The number of benzene rings is 1. The van der Waals surface area contributed by atoms with Crippen LogP contribution in [0.1, 0.15) is 47.8 Å². The van der Waals surface area contributed by atoms with E-state index in [2.05, 4.69) is 23.0 Å². The Balaban J connectivity index is 1.36. The van der Waals surface area contributed by atoms with Crippen molar-refractivity contribution < 1.29 is 9.59 Å². The Morgan fingerprint density at radius 3 is 2.47 bits per heavy atom. The van der Waals surface area contributed by atoms with Crippen LogP contribution in [0.2, 0.25) is 10.0 Å². The maximum Gasteiger partial charge on any atom is 0.344 e. The molecule has 2 aromatic rings. The van der Waals surface area contributed by atoms with Gasteiger partial charge in [0.1, 0.15) is 5.69 Å². The lowest BCUT2D eigenvalue weighted by Crippen LogP contribution is -2.45. The van der Waals surface area contributed by atoms with Crippen molar-refractivity contribution in [1.82, 2.24) is 19.6 Å². The van der Waals surface area contributed by atoms with Gasteiger partial charge in [0.05, 0.1) is 11.2 Å². The van der Waals surface area contributed by atoms with Crippen molar-refractivity contribution >= 4 is 35.0 Å². The van der Waals surface area contributed by atoms with E-state index in [4.69, 9.17) is 23.2 Å². The van der Waals surface area contributed by atoms with Crippen LogP contribution in [0.3, 0.4) is 0 Å². The highest BCUT2D eigenvalue weighted by atomic mass is 35.5. The Hall–Kier alpha value is -1.89. The van der Waals surface area contributed by atoms with Gasteiger partial charge in [0.2, 0.25) is 0 Å². The summed E-state index contributed by atoms with van der Waals surface area (Å²) < 4.78 is 1.19. The van der Waals surface area contributed by atoms with Gasteiger partial charge < -0.3 is 4.90 Å². The molecule has 4 rings (SSSR count). The van der Waals surface area contributed by atoms with Gasteiger partial charge >= 0.3 is 6.03 Å². The minimum Gasteiger partial charge on any atom is -0.323 e. The number of hydrogen-bond donors (Lipinski definition) is 0. The summed E-state index contributed by atoms with van der Waals surface area (Å²) in [5.41, 5.74) is 2.84. The van der Waals surface area contributed by atoms with E-state index in [1.54, 1.807) is 0 Å². The third-order valence-electron chi connectivity index (χ3n) is 6.58. The van der Waals surface area contributed by atoms with E-state index in [0.29, 0.717) is 13.1 Å². The molecule has 8 heteroatoms. The van der Waals surface area contributed by atoms with Gasteiger partial charge in [0, 0.05) is 38.1 Å². The zero-order valence-corrected chi connectivity index (χ0v) is 18.8. The fourth-order valence-corrected chi connectivity index (χ4v) is 5.10. The Bertz CT molecular complexity index is 980. The molecular formula is C22H26Cl2N4O2. The molecule has 30 heavy (non-hydrogen) atoms. The van der Waals surface area contributed by atoms with Gasteiger partial charge in [-0.15, -0.1) is 0 Å². The molecule has 2 aliphatic heterocycles. The fraction of sp³-hybridized carbons (Fsp3) is 0.500. The first kappa shape index (κ1) is 21.3. The SMILES string of the molecule is CC(=O)c1nn(C(=O)N2CCC3(CCN(Cc4cccc(Cl)c4C)C3)CC2)cc1Cl. The Labute approximate surface area is 186 Å². The number of ketones is 1. The van der Waals surface area contributed by atoms with Gasteiger partial charge in [-0.05, 0) is 55.3 Å². The largest absolute Gasteiger partial charge is 0.344 e. The molecule has 2 aliphatic rings. The van der Waals surface area contributed by atoms with E-state index in [9.17, 15) is 9.59 Å². The molecule has 0 aliphatic carbocycles. The monoisotopic (exact) mass is 448 g/mol. The summed E-state index contributed by atoms with van der Waals surface area (Å²) in [5, 5.41) is 5.11. The molecule has 0 bridgehead atoms. The van der Waals surface area contributed by atoms with E-state index in [-0.39, 0.29) is 27.9 Å². The molecule has 2 saturated heterocycles. The Morgan fingerprint density at radius 2 is 1.80 bits per heavy atom. The summed E-state index contributed by atoms with van der Waals surface area (Å²) in [4.78, 5) is 28.7. The smallest absolute Gasteiger partial charge is 0.323 e. The van der Waals surface area contributed by atoms with Crippen LogP contribution in [0.4, 0.5) is 4.79 Å². The van der Waals surface area contributed by atoms with E-state index >= 15 is 0 Å².